The lowest BCUT2D eigenvalue weighted by Gasteiger charge is -2.20. The number of hydrogen-bond acceptors (Lipinski definition) is 4. The van der Waals surface area contributed by atoms with Crippen LogP contribution in [0.25, 0.3) is 0 Å². The summed E-state index contributed by atoms with van der Waals surface area (Å²) < 4.78 is 5.46. The summed E-state index contributed by atoms with van der Waals surface area (Å²) in [7, 11) is 0. The van der Waals surface area contributed by atoms with Crippen LogP contribution in [0.1, 0.15) is 23.6 Å². The Labute approximate surface area is 145 Å². The zero-order valence-corrected chi connectivity index (χ0v) is 13.9. The first-order valence-corrected chi connectivity index (χ1v) is 7.76. The minimum atomic E-state index is -1.25. The van der Waals surface area contributed by atoms with E-state index in [2.05, 4.69) is 5.32 Å². The van der Waals surface area contributed by atoms with Crippen molar-refractivity contribution in [1.29, 1.82) is 0 Å². The predicted molar refractivity (Wildman–Crippen MR) is 88.6 cm³/mol. The van der Waals surface area contributed by atoms with Gasteiger partial charge in [0, 0.05) is 17.4 Å². The van der Waals surface area contributed by atoms with Crippen molar-refractivity contribution in [3.05, 3.63) is 64.7 Å². The Morgan fingerprint density at radius 1 is 1.17 bits per heavy atom. The Hall–Kier alpha value is -2.53. The fourth-order valence-corrected chi connectivity index (χ4v) is 2.34. The van der Waals surface area contributed by atoms with Gasteiger partial charge in [-0.1, -0.05) is 41.9 Å². The molecule has 0 aromatic heterocycles. The summed E-state index contributed by atoms with van der Waals surface area (Å²) in [6, 6.07) is 13.2. The Morgan fingerprint density at radius 2 is 1.83 bits per heavy atom. The zero-order valence-electron chi connectivity index (χ0n) is 13.1. The average Bonchev–Trinajstić information content (AvgIpc) is 2.54. The van der Waals surface area contributed by atoms with Crippen LogP contribution in [-0.2, 0) is 9.59 Å². The molecule has 0 heterocycles. The predicted octanol–water partition coefficient (Wildman–Crippen LogP) is 2.02. The molecule has 0 aliphatic carbocycles. The molecule has 24 heavy (non-hydrogen) atoms. The molecule has 1 unspecified atom stereocenters. The number of carbonyl (C=O) groups is 2. The monoisotopic (exact) mass is 346 g/mol. The van der Waals surface area contributed by atoms with E-state index in [-0.39, 0.29) is 13.0 Å². The molecule has 0 spiro atoms. The van der Waals surface area contributed by atoms with Gasteiger partial charge in [-0.2, -0.15) is 0 Å². The fourth-order valence-electron chi connectivity index (χ4n) is 2.21. The molecular weight excluding hydrogens is 330 g/mol. The second-order valence-corrected chi connectivity index (χ2v) is 5.74. The number of aryl methyl sites for hydroxylation is 1. The van der Waals surface area contributed by atoms with E-state index >= 15 is 0 Å². The molecule has 0 aliphatic heterocycles. The number of carbonyl (C=O) groups excluding carboxylic acids is 2. The van der Waals surface area contributed by atoms with Crippen molar-refractivity contribution in [3.63, 3.8) is 0 Å². The van der Waals surface area contributed by atoms with Gasteiger partial charge >= 0.3 is 0 Å². The summed E-state index contributed by atoms with van der Waals surface area (Å²) >= 11 is 5.82. The first kappa shape index (κ1) is 17.8. The highest BCUT2D eigenvalue weighted by Crippen LogP contribution is 2.20. The maximum atomic E-state index is 12.1. The molecule has 1 N–H and O–H groups in total. The Balaban J connectivity index is 2.00. The first-order chi connectivity index (χ1) is 11.5. The molecule has 2 aromatic carbocycles. The van der Waals surface area contributed by atoms with Gasteiger partial charge in [0.25, 0.3) is 5.91 Å². The largest absolute Gasteiger partial charge is 0.550 e. The lowest BCUT2D eigenvalue weighted by molar-refractivity contribution is -0.306. The van der Waals surface area contributed by atoms with Crippen LogP contribution < -0.4 is 15.2 Å². The third-order valence-electron chi connectivity index (χ3n) is 3.43. The summed E-state index contributed by atoms with van der Waals surface area (Å²) in [5, 5.41) is 14.1. The summed E-state index contributed by atoms with van der Waals surface area (Å²) in [6.45, 7) is 1.67. The number of benzene rings is 2. The average molecular weight is 347 g/mol. The van der Waals surface area contributed by atoms with Crippen LogP contribution >= 0.6 is 11.6 Å². The van der Waals surface area contributed by atoms with Crippen molar-refractivity contribution in [3.8, 4) is 5.75 Å². The molecule has 6 heteroatoms. The van der Waals surface area contributed by atoms with Gasteiger partial charge in [0.15, 0.2) is 6.61 Å². The third-order valence-corrected chi connectivity index (χ3v) is 3.68. The summed E-state index contributed by atoms with van der Waals surface area (Å²) in [5.41, 5.74) is 1.54. The van der Waals surface area contributed by atoms with Gasteiger partial charge in [0.05, 0.1) is 6.04 Å². The number of amides is 1. The summed E-state index contributed by atoms with van der Waals surface area (Å²) in [4.78, 5) is 23.0. The van der Waals surface area contributed by atoms with Gasteiger partial charge in [-0.3, -0.25) is 4.79 Å². The Morgan fingerprint density at radius 3 is 2.46 bits per heavy atom. The van der Waals surface area contributed by atoms with Gasteiger partial charge in [-0.25, -0.2) is 0 Å². The van der Waals surface area contributed by atoms with Crippen LogP contribution in [0.3, 0.4) is 0 Å². The van der Waals surface area contributed by atoms with Crippen molar-refractivity contribution < 1.29 is 19.4 Å². The molecule has 0 radical (unpaired) electrons. The molecule has 0 fully saturated rings. The van der Waals surface area contributed by atoms with Gasteiger partial charge in [0.1, 0.15) is 5.75 Å². The third kappa shape index (κ3) is 5.28. The second-order valence-electron chi connectivity index (χ2n) is 5.30. The number of halogens is 1. The van der Waals surface area contributed by atoms with Crippen LogP contribution in [0.5, 0.6) is 5.75 Å². The normalized spacial score (nSPS) is 11.6. The van der Waals surface area contributed by atoms with E-state index in [0.717, 1.165) is 5.56 Å². The van der Waals surface area contributed by atoms with Gasteiger partial charge in [-0.15, -0.1) is 0 Å². The maximum Gasteiger partial charge on any atom is 0.258 e. The van der Waals surface area contributed by atoms with Crippen molar-refractivity contribution in [2.45, 2.75) is 19.4 Å². The van der Waals surface area contributed by atoms with Crippen LogP contribution in [-0.4, -0.2) is 18.5 Å². The van der Waals surface area contributed by atoms with E-state index in [9.17, 15) is 14.7 Å². The Kier molecular flexibility index (Phi) is 6.21. The summed E-state index contributed by atoms with van der Waals surface area (Å²) in [5.74, 6) is -1.06. The number of hydrogen-bond donors (Lipinski definition) is 1. The molecule has 1 amide bonds. The number of ether oxygens (including phenoxy) is 1. The van der Waals surface area contributed by atoms with E-state index < -0.39 is 17.9 Å². The van der Waals surface area contributed by atoms with E-state index in [1.807, 2.05) is 25.1 Å². The standard InChI is InChI=1S/C18H18ClNO4/c1-12-4-2-3-5-16(12)24-11-17(21)20-15(10-18(22)23)13-6-8-14(19)9-7-13/h2-9,15H,10-11H2,1H3,(H,20,21)(H,22,23)/p-1. The Bertz CT molecular complexity index is 715. The topological polar surface area (TPSA) is 78.5 Å². The number of nitrogens with one attached hydrogen (secondary N) is 1. The lowest BCUT2D eigenvalue weighted by Crippen LogP contribution is -2.36. The molecule has 0 saturated heterocycles. The van der Waals surface area contributed by atoms with Crippen molar-refractivity contribution in [2.24, 2.45) is 0 Å². The van der Waals surface area contributed by atoms with E-state index in [0.29, 0.717) is 16.3 Å². The quantitative estimate of drug-likeness (QED) is 0.832. The lowest BCUT2D eigenvalue weighted by atomic mass is 10.0. The molecule has 126 valence electrons. The number of carboxylic acids is 1. The van der Waals surface area contributed by atoms with Crippen molar-refractivity contribution in [1.82, 2.24) is 5.32 Å². The molecular formula is C18H17ClNO4-. The number of rotatable bonds is 7. The number of carboxylic acid groups (broad SMARTS) is 1. The molecule has 0 aliphatic rings. The SMILES string of the molecule is Cc1ccccc1OCC(=O)NC(CC(=O)[O-])c1ccc(Cl)cc1. The molecule has 2 rings (SSSR count). The minimum absolute atomic E-state index is 0.206. The van der Waals surface area contributed by atoms with Gasteiger partial charge < -0.3 is 20.0 Å². The highest BCUT2D eigenvalue weighted by molar-refractivity contribution is 6.30. The van der Waals surface area contributed by atoms with Crippen molar-refractivity contribution in [2.75, 3.05) is 6.61 Å². The van der Waals surface area contributed by atoms with Crippen LogP contribution in [0.15, 0.2) is 48.5 Å². The van der Waals surface area contributed by atoms with Gasteiger partial charge in [0.2, 0.25) is 0 Å². The smallest absolute Gasteiger partial charge is 0.258 e. The molecule has 0 saturated carbocycles. The molecule has 2 aromatic rings. The number of aliphatic carboxylic acids is 1. The highest BCUT2D eigenvalue weighted by Gasteiger charge is 2.15. The maximum absolute atomic E-state index is 12.1. The van der Waals surface area contributed by atoms with E-state index in [1.165, 1.54) is 0 Å². The number of para-hydroxylation sites is 1. The minimum Gasteiger partial charge on any atom is -0.550 e. The zero-order chi connectivity index (χ0) is 17.5. The molecule has 0 bridgehead atoms. The van der Waals surface area contributed by atoms with Gasteiger partial charge in [-0.05, 0) is 36.2 Å². The summed E-state index contributed by atoms with van der Waals surface area (Å²) in [6.07, 6.45) is -0.336. The molecule has 1 atom stereocenters. The van der Waals surface area contributed by atoms with Crippen LogP contribution in [0, 0.1) is 6.92 Å². The van der Waals surface area contributed by atoms with Crippen molar-refractivity contribution >= 4 is 23.5 Å². The van der Waals surface area contributed by atoms with E-state index in [1.54, 1.807) is 30.3 Å². The van der Waals surface area contributed by atoms with E-state index in [4.69, 9.17) is 16.3 Å². The highest BCUT2D eigenvalue weighted by atomic mass is 35.5. The first-order valence-electron chi connectivity index (χ1n) is 7.39. The fraction of sp³-hybridized carbons (Fsp3) is 0.222. The molecule has 5 nitrogen and oxygen atoms in total. The van der Waals surface area contributed by atoms with Crippen LogP contribution in [0.4, 0.5) is 0 Å². The van der Waals surface area contributed by atoms with Crippen LogP contribution in [0.2, 0.25) is 5.02 Å². The second kappa shape index (κ2) is 8.36.